The number of hydrogen-bond acceptors (Lipinski definition) is 6. The van der Waals surface area contributed by atoms with Gasteiger partial charge in [0.2, 0.25) is 5.88 Å². The van der Waals surface area contributed by atoms with Crippen LogP contribution in [0, 0.1) is 6.92 Å². The second-order valence-corrected chi connectivity index (χ2v) is 6.85. The van der Waals surface area contributed by atoms with Gasteiger partial charge >= 0.3 is 6.18 Å². The van der Waals surface area contributed by atoms with Gasteiger partial charge in [-0.25, -0.2) is 9.97 Å². The number of alkyl halides is 3. The molecule has 0 aliphatic heterocycles. The molecule has 0 atom stereocenters. The predicted molar refractivity (Wildman–Crippen MR) is 106 cm³/mol. The van der Waals surface area contributed by atoms with E-state index in [0.29, 0.717) is 33.8 Å². The lowest BCUT2D eigenvalue weighted by atomic mass is 10.1. The molecule has 8 nitrogen and oxygen atoms in total. The predicted octanol–water partition coefficient (Wildman–Crippen LogP) is 3.88. The Bertz CT molecular complexity index is 1260. The quantitative estimate of drug-likeness (QED) is 0.514. The van der Waals surface area contributed by atoms with Gasteiger partial charge in [-0.15, -0.1) is 0 Å². The van der Waals surface area contributed by atoms with E-state index in [0.717, 1.165) is 10.2 Å². The lowest BCUT2D eigenvalue weighted by Gasteiger charge is -2.09. The smallest absolute Gasteiger partial charge is 0.408 e. The van der Waals surface area contributed by atoms with Crippen LogP contribution in [0.25, 0.3) is 27.8 Å². The highest BCUT2D eigenvalue weighted by atomic mass is 19.4. The number of rotatable bonds is 5. The fourth-order valence-corrected chi connectivity index (χ4v) is 3.35. The van der Waals surface area contributed by atoms with Crippen molar-refractivity contribution in [2.45, 2.75) is 19.6 Å². The van der Waals surface area contributed by atoms with E-state index in [9.17, 15) is 18.3 Å². The Morgan fingerprint density at radius 1 is 1.10 bits per heavy atom. The largest absolute Gasteiger partial charge is 0.494 e. The van der Waals surface area contributed by atoms with Gasteiger partial charge in [0.05, 0.1) is 42.7 Å². The third-order valence-electron chi connectivity index (χ3n) is 4.71. The first-order valence-electron chi connectivity index (χ1n) is 9.10. The minimum Gasteiger partial charge on any atom is -0.494 e. The second-order valence-electron chi connectivity index (χ2n) is 6.85. The fourth-order valence-electron chi connectivity index (χ4n) is 3.35. The third kappa shape index (κ3) is 3.86. The second kappa shape index (κ2) is 7.49. The van der Waals surface area contributed by atoms with Crippen molar-refractivity contribution in [3.63, 3.8) is 0 Å². The number of nitrogens with zero attached hydrogens (tertiary/aromatic N) is 5. The molecule has 11 heteroatoms. The minimum atomic E-state index is -4.40. The number of ether oxygens (including phenoxy) is 2. The number of methoxy groups -OCH3 is 2. The number of aromatic hydroxyl groups is 1. The van der Waals surface area contributed by atoms with Crippen molar-refractivity contribution in [1.82, 2.24) is 24.3 Å². The highest BCUT2D eigenvalue weighted by Crippen LogP contribution is 2.35. The first-order chi connectivity index (χ1) is 14.7. The Balaban J connectivity index is 1.77. The van der Waals surface area contributed by atoms with E-state index in [1.54, 1.807) is 31.5 Å². The summed E-state index contributed by atoms with van der Waals surface area (Å²) in [5, 5.41) is 14.9. The highest BCUT2D eigenvalue weighted by molar-refractivity contribution is 5.90. The van der Waals surface area contributed by atoms with Crippen LogP contribution in [-0.2, 0) is 6.54 Å². The molecule has 4 heterocycles. The van der Waals surface area contributed by atoms with E-state index >= 15 is 0 Å². The maximum atomic E-state index is 12.6. The zero-order valence-electron chi connectivity index (χ0n) is 16.8. The number of aryl methyl sites for hydroxylation is 1. The summed E-state index contributed by atoms with van der Waals surface area (Å²) in [7, 11) is 2.99. The summed E-state index contributed by atoms with van der Waals surface area (Å²) in [6.07, 6.45) is 1.20. The molecular weight excluding hydrogens is 415 g/mol. The van der Waals surface area contributed by atoms with Crippen LogP contribution in [0.15, 0.2) is 36.9 Å². The molecule has 0 saturated heterocycles. The number of hydrogen-bond donors (Lipinski definition) is 1. The van der Waals surface area contributed by atoms with Crippen molar-refractivity contribution in [3.8, 4) is 34.5 Å². The summed E-state index contributed by atoms with van der Waals surface area (Å²) in [5.41, 5.74) is 2.74. The number of fused-ring (bicyclic) bond motifs is 1. The number of pyridine rings is 2. The topological polar surface area (TPSA) is 87.2 Å². The van der Waals surface area contributed by atoms with Crippen molar-refractivity contribution in [2.75, 3.05) is 14.2 Å². The lowest BCUT2D eigenvalue weighted by Crippen LogP contribution is -2.17. The number of aromatic nitrogens is 5. The Morgan fingerprint density at radius 3 is 2.55 bits per heavy atom. The van der Waals surface area contributed by atoms with E-state index in [4.69, 9.17) is 9.47 Å². The van der Waals surface area contributed by atoms with Crippen LogP contribution in [0.1, 0.15) is 5.56 Å². The van der Waals surface area contributed by atoms with Crippen molar-refractivity contribution >= 4 is 10.9 Å². The molecule has 0 unspecified atom stereocenters. The Kier molecular flexibility index (Phi) is 4.96. The summed E-state index contributed by atoms with van der Waals surface area (Å²) >= 11 is 0. The Morgan fingerprint density at radius 2 is 1.87 bits per heavy atom. The fraction of sp³-hybridized carbons (Fsp3) is 0.250. The van der Waals surface area contributed by atoms with Crippen LogP contribution in [0.2, 0.25) is 0 Å². The molecule has 4 aromatic rings. The van der Waals surface area contributed by atoms with Gasteiger partial charge in [-0.3, -0.25) is 9.25 Å². The molecule has 0 radical (unpaired) electrons. The molecule has 0 bridgehead atoms. The molecule has 0 aromatic carbocycles. The molecule has 162 valence electrons. The zero-order valence-corrected chi connectivity index (χ0v) is 16.8. The van der Waals surface area contributed by atoms with Crippen LogP contribution >= 0.6 is 0 Å². The molecule has 0 aliphatic carbocycles. The van der Waals surface area contributed by atoms with Gasteiger partial charge < -0.3 is 14.6 Å². The van der Waals surface area contributed by atoms with Crippen LogP contribution in [0.4, 0.5) is 13.2 Å². The summed E-state index contributed by atoms with van der Waals surface area (Å²) in [4.78, 5) is 8.80. The van der Waals surface area contributed by atoms with Gasteiger partial charge in [-0.05, 0) is 24.6 Å². The van der Waals surface area contributed by atoms with E-state index < -0.39 is 12.7 Å². The SMILES string of the molecule is COc1cc(-c2cc(C)c3c(O)n(-c4cnn(CC(F)(F)F)c4)cc3n2)cnc1OC. The van der Waals surface area contributed by atoms with Crippen molar-refractivity contribution in [1.29, 1.82) is 0 Å². The van der Waals surface area contributed by atoms with Crippen LogP contribution in [-0.4, -0.2) is 49.8 Å². The molecule has 0 saturated carbocycles. The van der Waals surface area contributed by atoms with Gasteiger partial charge in [-0.1, -0.05) is 0 Å². The maximum absolute atomic E-state index is 12.6. The van der Waals surface area contributed by atoms with Crippen molar-refractivity contribution in [3.05, 3.63) is 42.5 Å². The minimum absolute atomic E-state index is 0.136. The third-order valence-corrected chi connectivity index (χ3v) is 4.71. The maximum Gasteiger partial charge on any atom is 0.408 e. The number of halogens is 3. The van der Waals surface area contributed by atoms with E-state index in [2.05, 4.69) is 15.1 Å². The molecule has 1 N–H and O–H groups in total. The van der Waals surface area contributed by atoms with Gasteiger partial charge in [0.1, 0.15) is 6.54 Å². The summed E-state index contributed by atoms with van der Waals surface area (Å²) < 4.78 is 50.4. The Labute approximate surface area is 174 Å². The van der Waals surface area contributed by atoms with Crippen LogP contribution < -0.4 is 9.47 Å². The van der Waals surface area contributed by atoms with Gasteiger partial charge in [0.15, 0.2) is 5.75 Å². The molecular formula is C20H18F3N5O3. The lowest BCUT2D eigenvalue weighted by molar-refractivity contribution is -0.142. The van der Waals surface area contributed by atoms with Gasteiger partial charge in [0.25, 0.3) is 5.88 Å². The van der Waals surface area contributed by atoms with Crippen LogP contribution in [0.3, 0.4) is 0 Å². The molecule has 0 amide bonds. The van der Waals surface area contributed by atoms with Gasteiger partial charge in [0, 0.05) is 24.2 Å². The summed E-state index contributed by atoms with van der Waals surface area (Å²) in [6.45, 7) is 0.584. The first kappa shape index (κ1) is 20.5. The van der Waals surface area contributed by atoms with Gasteiger partial charge in [-0.2, -0.15) is 18.3 Å². The van der Waals surface area contributed by atoms with Crippen molar-refractivity contribution < 1.29 is 27.8 Å². The average molecular weight is 433 g/mol. The average Bonchev–Trinajstić information content (AvgIpc) is 3.30. The summed E-state index contributed by atoms with van der Waals surface area (Å²) in [5.74, 6) is 0.643. The highest BCUT2D eigenvalue weighted by Gasteiger charge is 2.28. The van der Waals surface area contributed by atoms with E-state index in [1.807, 2.05) is 0 Å². The molecule has 0 spiro atoms. The first-order valence-corrected chi connectivity index (χ1v) is 9.10. The zero-order chi connectivity index (χ0) is 22.3. The van der Waals surface area contributed by atoms with E-state index in [1.165, 1.54) is 31.2 Å². The molecule has 4 rings (SSSR count). The normalized spacial score (nSPS) is 11.8. The molecule has 31 heavy (non-hydrogen) atoms. The standard InChI is InChI=1S/C20H18F3N5O3/c1-11-4-14(12-5-16(30-2)18(31-3)24-6-12)26-15-9-28(19(29)17(11)15)13-7-25-27(8-13)10-20(21,22)23/h4-9,29H,10H2,1-3H3. The molecule has 0 fully saturated rings. The van der Waals surface area contributed by atoms with E-state index in [-0.39, 0.29) is 11.6 Å². The van der Waals surface area contributed by atoms with Crippen molar-refractivity contribution in [2.24, 2.45) is 0 Å². The molecule has 4 aromatic heterocycles. The monoisotopic (exact) mass is 433 g/mol. The summed E-state index contributed by atoms with van der Waals surface area (Å²) in [6, 6.07) is 3.51. The Hall–Kier alpha value is -3.76. The van der Waals surface area contributed by atoms with Crippen LogP contribution in [0.5, 0.6) is 17.5 Å². The molecule has 0 aliphatic rings.